The Morgan fingerprint density at radius 3 is 2.39 bits per heavy atom. The van der Waals surface area contributed by atoms with E-state index in [1.165, 1.54) is 12.5 Å². The van der Waals surface area contributed by atoms with Crippen molar-refractivity contribution in [2.45, 2.75) is 78.4 Å². The third-order valence-electron chi connectivity index (χ3n) is 5.11. The lowest BCUT2D eigenvalue weighted by Gasteiger charge is -2.35. The van der Waals surface area contributed by atoms with Crippen LogP contribution in [0.15, 0.2) is 12.1 Å². The van der Waals surface area contributed by atoms with Gasteiger partial charge in [-0.05, 0) is 75.6 Å². The molecule has 1 aromatic carbocycles. The predicted octanol–water partition coefficient (Wildman–Crippen LogP) is 5.35. The standard InChI is InChI=1S/C22H33ClN2O3/c1-7-20(24-15(3)26)18-13-19(23)14(2)12-17(18)16-8-10-25(11-9-16)21(27)28-22(4,5)6/h12-13,16,20H,7-11H2,1-6H3,(H,24,26)/t20-/m1/s1. The molecule has 0 aromatic heterocycles. The second-order valence-corrected chi connectivity index (χ2v) is 9.04. The van der Waals surface area contributed by atoms with Crippen LogP contribution in [-0.4, -0.2) is 35.6 Å². The van der Waals surface area contributed by atoms with Gasteiger partial charge in [0.15, 0.2) is 0 Å². The van der Waals surface area contributed by atoms with Gasteiger partial charge in [0.25, 0.3) is 0 Å². The fourth-order valence-corrected chi connectivity index (χ4v) is 3.89. The van der Waals surface area contributed by atoms with Crippen LogP contribution in [0.3, 0.4) is 0 Å². The minimum Gasteiger partial charge on any atom is -0.444 e. The number of ether oxygens (including phenoxy) is 1. The van der Waals surface area contributed by atoms with Crippen LogP contribution in [0.1, 0.15) is 82.5 Å². The van der Waals surface area contributed by atoms with Gasteiger partial charge in [-0.25, -0.2) is 4.79 Å². The van der Waals surface area contributed by atoms with Gasteiger partial charge in [0.2, 0.25) is 5.91 Å². The predicted molar refractivity (Wildman–Crippen MR) is 113 cm³/mol. The second-order valence-electron chi connectivity index (χ2n) is 8.63. The van der Waals surface area contributed by atoms with Gasteiger partial charge in [0.05, 0.1) is 6.04 Å². The SMILES string of the molecule is CC[C@@H](NC(C)=O)c1cc(Cl)c(C)cc1C1CCN(C(=O)OC(C)(C)C)CC1. The van der Waals surface area contributed by atoms with Gasteiger partial charge < -0.3 is 15.0 Å². The highest BCUT2D eigenvalue weighted by molar-refractivity contribution is 6.31. The Kier molecular flexibility index (Phi) is 7.38. The van der Waals surface area contributed by atoms with Crippen LogP contribution in [0, 0.1) is 6.92 Å². The number of hydrogen-bond donors (Lipinski definition) is 1. The molecule has 1 fully saturated rings. The van der Waals surface area contributed by atoms with Crippen LogP contribution in [0.2, 0.25) is 5.02 Å². The monoisotopic (exact) mass is 408 g/mol. The molecule has 1 saturated heterocycles. The highest BCUT2D eigenvalue weighted by atomic mass is 35.5. The number of nitrogens with zero attached hydrogens (tertiary/aromatic N) is 1. The van der Waals surface area contributed by atoms with Gasteiger partial charge in [-0.15, -0.1) is 0 Å². The van der Waals surface area contributed by atoms with Crippen molar-refractivity contribution in [2.75, 3.05) is 13.1 Å². The highest BCUT2D eigenvalue weighted by Crippen LogP contribution is 2.37. The number of nitrogens with one attached hydrogen (secondary N) is 1. The summed E-state index contributed by atoms with van der Waals surface area (Å²) >= 11 is 6.41. The molecule has 1 atom stereocenters. The van der Waals surface area contributed by atoms with Crippen LogP contribution in [0.5, 0.6) is 0 Å². The summed E-state index contributed by atoms with van der Waals surface area (Å²) in [4.78, 5) is 25.8. The lowest BCUT2D eigenvalue weighted by molar-refractivity contribution is -0.119. The zero-order valence-corrected chi connectivity index (χ0v) is 18.7. The summed E-state index contributed by atoms with van der Waals surface area (Å²) in [5, 5.41) is 3.76. The second kappa shape index (κ2) is 9.17. The number of piperidine rings is 1. The number of amides is 2. The topological polar surface area (TPSA) is 58.6 Å². The average Bonchev–Trinajstić information content (AvgIpc) is 2.60. The maximum atomic E-state index is 12.3. The van der Waals surface area contributed by atoms with E-state index in [-0.39, 0.29) is 18.0 Å². The molecule has 0 unspecified atom stereocenters. The maximum Gasteiger partial charge on any atom is 0.410 e. The first kappa shape index (κ1) is 22.5. The summed E-state index contributed by atoms with van der Waals surface area (Å²) in [6.07, 6.45) is 2.28. The molecule has 0 bridgehead atoms. The fraction of sp³-hybridized carbons (Fsp3) is 0.636. The van der Waals surface area contributed by atoms with Gasteiger partial charge in [-0.1, -0.05) is 24.6 Å². The van der Waals surface area contributed by atoms with E-state index in [1.807, 2.05) is 33.8 Å². The largest absolute Gasteiger partial charge is 0.444 e. The number of carbonyl (C=O) groups excluding carboxylic acids is 2. The smallest absolute Gasteiger partial charge is 0.410 e. The quantitative estimate of drug-likeness (QED) is 0.730. The van der Waals surface area contributed by atoms with Crippen LogP contribution >= 0.6 is 11.6 Å². The molecular weight excluding hydrogens is 376 g/mol. The molecule has 1 aromatic rings. The molecule has 5 nitrogen and oxygen atoms in total. The average molecular weight is 409 g/mol. The number of hydrogen-bond acceptors (Lipinski definition) is 3. The first-order valence-corrected chi connectivity index (χ1v) is 10.4. The van der Waals surface area contributed by atoms with Gasteiger partial charge in [-0.2, -0.15) is 0 Å². The van der Waals surface area contributed by atoms with E-state index in [0.717, 1.165) is 30.4 Å². The van der Waals surface area contributed by atoms with Crippen LogP contribution in [0.4, 0.5) is 4.79 Å². The molecule has 0 radical (unpaired) electrons. The maximum absolute atomic E-state index is 12.3. The Labute approximate surface area is 173 Å². The summed E-state index contributed by atoms with van der Waals surface area (Å²) < 4.78 is 5.50. The molecule has 1 N–H and O–H groups in total. The molecule has 1 aliphatic heterocycles. The van der Waals surface area contributed by atoms with Crippen LogP contribution in [-0.2, 0) is 9.53 Å². The molecule has 0 saturated carbocycles. The first-order chi connectivity index (χ1) is 13.0. The Morgan fingerprint density at radius 1 is 1.29 bits per heavy atom. The Hall–Kier alpha value is -1.75. The summed E-state index contributed by atoms with van der Waals surface area (Å²) in [6.45, 7) is 12.6. The van der Waals surface area contributed by atoms with Gasteiger partial charge in [0.1, 0.15) is 5.60 Å². The zero-order valence-electron chi connectivity index (χ0n) is 17.9. The lowest BCUT2D eigenvalue weighted by atomic mass is 9.83. The first-order valence-electron chi connectivity index (χ1n) is 10.1. The number of likely N-dealkylation sites (tertiary alicyclic amines) is 1. The number of carbonyl (C=O) groups is 2. The third-order valence-corrected chi connectivity index (χ3v) is 5.52. The summed E-state index contributed by atoms with van der Waals surface area (Å²) in [5.74, 6) is 0.279. The van der Waals surface area contributed by atoms with E-state index in [1.54, 1.807) is 4.90 Å². The van der Waals surface area contributed by atoms with Crippen molar-refractivity contribution in [1.82, 2.24) is 10.2 Å². The van der Waals surface area contributed by atoms with Crippen molar-refractivity contribution in [3.8, 4) is 0 Å². The Morgan fingerprint density at radius 2 is 1.89 bits per heavy atom. The van der Waals surface area contributed by atoms with Crippen molar-refractivity contribution in [3.05, 3.63) is 33.8 Å². The highest BCUT2D eigenvalue weighted by Gasteiger charge is 2.29. The van der Waals surface area contributed by atoms with E-state index >= 15 is 0 Å². The van der Waals surface area contributed by atoms with Crippen LogP contribution in [0.25, 0.3) is 0 Å². The normalized spacial score (nSPS) is 16.6. The molecule has 0 aliphatic carbocycles. The number of halogens is 1. The fourth-order valence-electron chi connectivity index (χ4n) is 3.72. The molecule has 28 heavy (non-hydrogen) atoms. The van der Waals surface area contributed by atoms with E-state index < -0.39 is 5.60 Å². The molecule has 2 rings (SSSR count). The number of rotatable bonds is 4. The van der Waals surface area contributed by atoms with Gasteiger partial charge >= 0.3 is 6.09 Å². The number of aryl methyl sites for hydroxylation is 1. The number of benzene rings is 1. The molecule has 2 amide bonds. The van der Waals surface area contributed by atoms with E-state index in [4.69, 9.17) is 16.3 Å². The molecule has 156 valence electrons. The summed E-state index contributed by atoms with van der Waals surface area (Å²) in [7, 11) is 0. The lowest BCUT2D eigenvalue weighted by Crippen LogP contribution is -2.41. The van der Waals surface area contributed by atoms with Crippen molar-refractivity contribution >= 4 is 23.6 Å². The molecule has 1 aliphatic rings. The van der Waals surface area contributed by atoms with Gasteiger partial charge in [-0.3, -0.25) is 4.79 Å². The van der Waals surface area contributed by atoms with Crippen LogP contribution < -0.4 is 5.32 Å². The third kappa shape index (κ3) is 5.87. The Bertz CT molecular complexity index is 719. The molecule has 1 heterocycles. The van der Waals surface area contributed by atoms with E-state index in [9.17, 15) is 9.59 Å². The van der Waals surface area contributed by atoms with Gasteiger partial charge in [0, 0.05) is 25.0 Å². The van der Waals surface area contributed by atoms with E-state index in [0.29, 0.717) is 24.0 Å². The minimum absolute atomic E-state index is 0.0470. The summed E-state index contributed by atoms with van der Waals surface area (Å²) in [5.41, 5.74) is 2.87. The minimum atomic E-state index is -0.485. The van der Waals surface area contributed by atoms with Crippen molar-refractivity contribution in [3.63, 3.8) is 0 Å². The van der Waals surface area contributed by atoms with E-state index in [2.05, 4.69) is 18.3 Å². The molecule has 0 spiro atoms. The Balaban J connectivity index is 2.20. The van der Waals surface area contributed by atoms with Crippen molar-refractivity contribution in [1.29, 1.82) is 0 Å². The molecular formula is C22H33ClN2O3. The zero-order chi connectivity index (χ0) is 21.1. The molecule has 6 heteroatoms. The van der Waals surface area contributed by atoms with Crippen molar-refractivity contribution in [2.24, 2.45) is 0 Å². The van der Waals surface area contributed by atoms with Crippen molar-refractivity contribution < 1.29 is 14.3 Å². The summed E-state index contributed by atoms with van der Waals surface area (Å²) in [6, 6.07) is 4.08.